The predicted molar refractivity (Wildman–Crippen MR) is 86.5 cm³/mol. The summed E-state index contributed by atoms with van der Waals surface area (Å²) in [6.07, 6.45) is 1.96. The minimum Gasteiger partial charge on any atom is -0.350 e. The van der Waals surface area contributed by atoms with Gasteiger partial charge in [0.1, 0.15) is 0 Å². The van der Waals surface area contributed by atoms with E-state index in [0.717, 1.165) is 15.4 Å². The van der Waals surface area contributed by atoms with Crippen LogP contribution in [0.25, 0.3) is 10.9 Å². The van der Waals surface area contributed by atoms with Crippen molar-refractivity contribution >= 4 is 26.8 Å². The Labute approximate surface area is 127 Å². The minimum absolute atomic E-state index is 0.713. The third-order valence-electron chi connectivity index (χ3n) is 3.03. The van der Waals surface area contributed by atoms with Crippen LogP contribution in [0.5, 0.6) is 0 Å². The molecule has 0 fully saturated rings. The third kappa shape index (κ3) is 3.28. The summed E-state index contributed by atoms with van der Waals surface area (Å²) < 4.78 is 2.94. The maximum absolute atomic E-state index is 8.89. The number of nitriles is 1. The predicted octanol–water partition coefficient (Wildman–Crippen LogP) is 4.81. The molecule has 2 nitrogen and oxygen atoms in total. The Morgan fingerprint density at radius 2 is 1.80 bits per heavy atom. The molecule has 1 aromatic heterocycles. The number of hydrogen-bond acceptors (Lipinski definition) is 1. The normalized spacial score (nSPS) is 9.70. The maximum Gasteiger partial charge on any atom is 0.0999 e. The monoisotopic (exact) mass is 326 g/mol. The molecule has 2 aromatic carbocycles. The van der Waals surface area contributed by atoms with Gasteiger partial charge in [-0.15, -0.1) is 0 Å². The van der Waals surface area contributed by atoms with Crippen LogP contribution in [0.2, 0.25) is 0 Å². The SMILES string of the molecule is Cc1ccccc1.Cn1ccc2c(C#N)cc(Br)cc21. The van der Waals surface area contributed by atoms with Crippen LogP contribution >= 0.6 is 15.9 Å². The number of halogens is 1. The van der Waals surface area contributed by atoms with Gasteiger partial charge in [-0.25, -0.2) is 0 Å². The minimum atomic E-state index is 0.713. The van der Waals surface area contributed by atoms with Crippen LogP contribution in [0.4, 0.5) is 0 Å². The molecular weight excluding hydrogens is 312 g/mol. The van der Waals surface area contributed by atoms with Crippen LogP contribution in [0.15, 0.2) is 59.2 Å². The fraction of sp³-hybridized carbons (Fsp3) is 0.118. The van der Waals surface area contributed by atoms with Gasteiger partial charge in [0.2, 0.25) is 0 Å². The Kier molecular flexibility index (Phi) is 4.60. The van der Waals surface area contributed by atoms with Crippen LogP contribution < -0.4 is 0 Å². The van der Waals surface area contributed by atoms with Crippen LogP contribution in [-0.4, -0.2) is 4.57 Å². The lowest BCUT2D eigenvalue weighted by Crippen LogP contribution is -1.85. The van der Waals surface area contributed by atoms with Gasteiger partial charge in [0.15, 0.2) is 0 Å². The summed E-state index contributed by atoms with van der Waals surface area (Å²) >= 11 is 3.38. The van der Waals surface area contributed by atoms with Gasteiger partial charge in [-0.1, -0.05) is 51.8 Å². The first kappa shape index (κ1) is 14.4. The van der Waals surface area contributed by atoms with Crippen molar-refractivity contribution in [2.24, 2.45) is 7.05 Å². The number of fused-ring (bicyclic) bond motifs is 1. The van der Waals surface area contributed by atoms with Gasteiger partial charge in [-0.3, -0.25) is 0 Å². The zero-order valence-corrected chi connectivity index (χ0v) is 13.1. The summed E-state index contributed by atoms with van der Waals surface area (Å²) in [5.41, 5.74) is 3.11. The first-order valence-electron chi connectivity index (χ1n) is 6.28. The summed E-state index contributed by atoms with van der Waals surface area (Å²) in [4.78, 5) is 0. The number of aryl methyl sites for hydroxylation is 2. The van der Waals surface area contributed by atoms with Crippen LogP contribution in [0, 0.1) is 18.3 Å². The molecule has 0 saturated heterocycles. The van der Waals surface area contributed by atoms with Crippen LogP contribution in [0.3, 0.4) is 0 Å². The molecule has 0 aliphatic rings. The molecule has 0 aliphatic heterocycles. The van der Waals surface area contributed by atoms with Crippen LogP contribution in [0.1, 0.15) is 11.1 Å². The van der Waals surface area contributed by atoms with Gasteiger partial charge in [0.25, 0.3) is 0 Å². The van der Waals surface area contributed by atoms with Crippen molar-refractivity contribution in [1.29, 1.82) is 5.26 Å². The lowest BCUT2D eigenvalue weighted by atomic mass is 10.1. The van der Waals surface area contributed by atoms with E-state index in [4.69, 9.17) is 5.26 Å². The number of hydrogen-bond donors (Lipinski definition) is 0. The van der Waals surface area contributed by atoms with Crippen molar-refractivity contribution < 1.29 is 0 Å². The van der Waals surface area contributed by atoms with Crippen molar-refractivity contribution in [1.82, 2.24) is 4.57 Å². The van der Waals surface area contributed by atoms with E-state index >= 15 is 0 Å². The summed E-state index contributed by atoms with van der Waals surface area (Å²) in [7, 11) is 1.97. The molecule has 3 heteroatoms. The van der Waals surface area contributed by atoms with E-state index in [-0.39, 0.29) is 0 Å². The Hall–Kier alpha value is -2.05. The molecule has 0 amide bonds. The molecular formula is C17H15BrN2. The number of benzene rings is 2. The second kappa shape index (κ2) is 6.40. The molecule has 0 bridgehead atoms. The summed E-state index contributed by atoms with van der Waals surface area (Å²) in [5, 5.41) is 9.90. The molecule has 0 N–H and O–H groups in total. The Balaban J connectivity index is 0.000000178. The topological polar surface area (TPSA) is 28.7 Å². The molecule has 0 saturated carbocycles. The molecule has 0 atom stereocenters. The smallest absolute Gasteiger partial charge is 0.0999 e. The largest absolute Gasteiger partial charge is 0.350 e. The highest BCUT2D eigenvalue weighted by Gasteiger charge is 2.04. The molecule has 0 radical (unpaired) electrons. The Morgan fingerprint density at radius 3 is 2.35 bits per heavy atom. The van der Waals surface area contributed by atoms with Crippen molar-refractivity contribution in [3.05, 3.63) is 70.3 Å². The quantitative estimate of drug-likeness (QED) is 0.582. The van der Waals surface area contributed by atoms with E-state index in [1.165, 1.54) is 5.56 Å². The number of aromatic nitrogens is 1. The van der Waals surface area contributed by atoms with Crippen molar-refractivity contribution in [3.8, 4) is 6.07 Å². The van der Waals surface area contributed by atoms with Gasteiger partial charge in [-0.2, -0.15) is 5.26 Å². The van der Waals surface area contributed by atoms with Gasteiger partial charge in [-0.05, 0) is 25.1 Å². The molecule has 1 heterocycles. The highest BCUT2D eigenvalue weighted by molar-refractivity contribution is 9.10. The number of nitrogens with zero attached hydrogens (tertiary/aromatic N) is 2. The average Bonchev–Trinajstić information content (AvgIpc) is 2.81. The maximum atomic E-state index is 8.89. The van der Waals surface area contributed by atoms with Crippen molar-refractivity contribution in [3.63, 3.8) is 0 Å². The first-order valence-corrected chi connectivity index (χ1v) is 7.07. The fourth-order valence-corrected chi connectivity index (χ4v) is 2.41. The lowest BCUT2D eigenvalue weighted by Gasteiger charge is -1.98. The zero-order chi connectivity index (χ0) is 14.5. The van der Waals surface area contributed by atoms with Gasteiger partial charge < -0.3 is 4.57 Å². The zero-order valence-electron chi connectivity index (χ0n) is 11.5. The molecule has 0 spiro atoms. The lowest BCUT2D eigenvalue weighted by molar-refractivity contribution is 0.969. The third-order valence-corrected chi connectivity index (χ3v) is 3.49. The second-order valence-corrected chi connectivity index (χ2v) is 5.49. The van der Waals surface area contributed by atoms with E-state index in [9.17, 15) is 0 Å². The highest BCUT2D eigenvalue weighted by Crippen LogP contribution is 2.24. The summed E-state index contributed by atoms with van der Waals surface area (Å²) in [5.74, 6) is 0. The summed E-state index contributed by atoms with van der Waals surface area (Å²) in [6, 6.07) is 18.2. The first-order chi connectivity index (χ1) is 9.61. The fourth-order valence-electron chi connectivity index (χ4n) is 1.96. The second-order valence-electron chi connectivity index (χ2n) is 4.58. The molecule has 20 heavy (non-hydrogen) atoms. The highest BCUT2D eigenvalue weighted by atomic mass is 79.9. The summed E-state index contributed by atoms with van der Waals surface area (Å²) in [6.45, 7) is 2.08. The van der Waals surface area contributed by atoms with E-state index in [1.807, 2.05) is 54.2 Å². The van der Waals surface area contributed by atoms with E-state index in [0.29, 0.717) is 5.56 Å². The van der Waals surface area contributed by atoms with Gasteiger partial charge in [0, 0.05) is 23.1 Å². The Morgan fingerprint density at radius 1 is 1.10 bits per heavy atom. The van der Waals surface area contributed by atoms with Crippen LogP contribution in [-0.2, 0) is 7.05 Å². The molecule has 3 rings (SSSR count). The molecule has 0 unspecified atom stereocenters. The van der Waals surface area contributed by atoms with E-state index in [2.05, 4.69) is 41.1 Å². The van der Waals surface area contributed by atoms with Gasteiger partial charge >= 0.3 is 0 Å². The standard InChI is InChI=1S/C10H7BrN2.C7H8/c1-13-3-2-9-7(6-12)4-8(11)5-10(9)13;1-7-5-3-2-4-6-7/h2-5H,1H3;2-6H,1H3. The van der Waals surface area contributed by atoms with Crippen molar-refractivity contribution in [2.45, 2.75) is 6.92 Å². The average molecular weight is 327 g/mol. The van der Waals surface area contributed by atoms with E-state index in [1.54, 1.807) is 0 Å². The number of rotatable bonds is 0. The van der Waals surface area contributed by atoms with Crippen molar-refractivity contribution in [2.75, 3.05) is 0 Å². The molecule has 3 aromatic rings. The Bertz CT molecular complexity index is 752. The molecule has 100 valence electrons. The van der Waals surface area contributed by atoms with E-state index < -0.39 is 0 Å². The molecule has 0 aliphatic carbocycles. The van der Waals surface area contributed by atoms with Gasteiger partial charge in [0.05, 0.1) is 17.1 Å².